The summed E-state index contributed by atoms with van der Waals surface area (Å²) < 4.78 is 57.3. The van der Waals surface area contributed by atoms with Crippen LogP contribution in [0.4, 0.5) is 29.1 Å². The van der Waals surface area contributed by atoms with Gasteiger partial charge in [0, 0.05) is 29.5 Å². The third kappa shape index (κ3) is 4.79. The molecule has 1 aromatic carbocycles. The highest BCUT2D eigenvalue weighted by Crippen LogP contribution is 2.37. The number of aromatic nitrogens is 3. The van der Waals surface area contributed by atoms with Crippen LogP contribution in [-0.2, 0) is 6.54 Å². The van der Waals surface area contributed by atoms with E-state index in [1.54, 1.807) is 31.5 Å². The van der Waals surface area contributed by atoms with Crippen molar-refractivity contribution in [2.45, 2.75) is 57.9 Å². The van der Waals surface area contributed by atoms with Gasteiger partial charge >= 0.3 is 6.18 Å². The number of hydrogen-bond donors (Lipinski definition) is 3. The van der Waals surface area contributed by atoms with Gasteiger partial charge in [-0.25, -0.2) is 4.39 Å². The van der Waals surface area contributed by atoms with E-state index in [2.05, 4.69) is 20.7 Å². The lowest BCUT2D eigenvalue weighted by Crippen LogP contribution is -2.45. The van der Waals surface area contributed by atoms with Gasteiger partial charge in [0.05, 0.1) is 5.52 Å². The zero-order chi connectivity index (χ0) is 23.3. The fraction of sp³-hybridized carbons (Fsp3) is 0.455. The summed E-state index contributed by atoms with van der Waals surface area (Å²) >= 11 is 0. The van der Waals surface area contributed by atoms with Gasteiger partial charge in [0.25, 0.3) is 5.56 Å². The number of anilines is 2. The standard InChI is InChI=1S/C22H25F4N5O/c1-21(2,3)29-18(22(24,25)26)14-7-6-13(10-15(14)23)28-19-17-16(8-9-27-20(17)32)31(30-19)11-12-4-5-12/h6-10,12,18,29H,4-5,11H2,1-3H3,(H,27,32)(H,28,30). The SMILES string of the molecule is CC(C)(C)NC(c1ccc(Nc2nn(CC3CC3)c3cc[nH]c(=O)c23)cc1F)C(F)(F)F. The molecule has 32 heavy (non-hydrogen) atoms. The largest absolute Gasteiger partial charge is 0.408 e. The van der Waals surface area contributed by atoms with Gasteiger partial charge in [-0.3, -0.25) is 14.8 Å². The molecule has 1 unspecified atom stereocenters. The molecule has 0 bridgehead atoms. The molecule has 2 heterocycles. The summed E-state index contributed by atoms with van der Waals surface area (Å²) in [5.41, 5.74) is -0.885. The number of aromatic amines is 1. The molecule has 2 aromatic heterocycles. The van der Waals surface area contributed by atoms with Crippen molar-refractivity contribution in [3.8, 4) is 0 Å². The summed E-state index contributed by atoms with van der Waals surface area (Å²) in [6, 6.07) is 3.03. The van der Waals surface area contributed by atoms with Crippen LogP contribution in [0.15, 0.2) is 35.3 Å². The van der Waals surface area contributed by atoms with Crippen molar-refractivity contribution < 1.29 is 17.6 Å². The molecule has 10 heteroatoms. The van der Waals surface area contributed by atoms with Crippen LogP contribution >= 0.6 is 0 Å². The average molecular weight is 451 g/mol. The molecule has 1 fully saturated rings. The number of halogens is 4. The first-order valence-corrected chi connectivity index (χ1v) is 10.4. The molecule has 3 N–H and O–H groups in total. The van der Waals surface area contributed by atoms with Crippen LogP contribution in [0.1, 0.15) is 45.2 Å². The van der Waals surface area contributed by atoms with Crippen LogP contribution in [0.2, 0.25) is 0 Å². The van der Waals surface area contributed by atoms with E-state index in [9.17, 15) is 22.4 Å². The van der Waals surface area contributed by atoms with E-state index in [-0.39, 0.29) is 17.1 Å². The Morgan fingerprint density at radius 2 is 1.94 bits per heavy atom. The second-order valence-corrected chi connectivity index (χ2v) is 9.27. The van der Waals surface area contributed by atoms with Crippen molar-refractivity contribution in [1.82, 2.24) is 20.1 Å². The van der Waals surface area contributed by atoms with E-state index < -0.39 is 29.1 Å². The Labute approximate surface area is 182 Å². The summed E-state index contributed by atoms with van der Waals surface area (Å²) in [5, 5.41) is 10.1. The molecule has 0 amide bonds. The first kappa shape index (κ1) is 22.3. The Balaban J connectivity index is 1.67. The lowest BCUT2D eigenvalue weighted by molar-refractivity contribution is -0.162. The van der Waals surface area contributed by atoms with Crippen LogP contribution in [0, 0.1) is 11.7 Å². The summed E-state index contributed by atoms with van der Waals surface area (Å²) in [6.07, 6.45) is -0.937. The maximum absolute atomic E-state index is 14.8. The predicted octanol–water partition coefficient (Wildman–Crippen LogP) is 5.01. The van der Waals surface area contributed by atoms with Crippen molar-refractivity contribution in [2.24, 2.45) is 5.92 Å². The van der Waals surface area contributed by atoms with Crippen LogP contribution in [0.3, 0.4) is 0 Å². The first-order chi connectivity index (χ1) is 14.9. The predicted molar refractivity (Wildman–Crippen MR) is 114 cm³/mol. The van der Waals surface area contributed by atoms with Crippen LogP contribution in [0.25, 0.3) is 10.9 Å². The smallest absolute Gasteiger partial charge is 0.338 e. The Bertz CT molecular complexity index is 1190. The molecular weight excluding hydrogens is 426 g/mol. The van der Waals surface area contributed by atoms with Crippen molar-refractivity contribution in [2.75, 3.05) is 5.32 Å². The topological polar surface area (TPSA) is 74.7 Å². The minimum Gasteiger partial charge on any atom is -0.338 e. The Kier molecular flexibility index (Phi) is 5.52. The molecule has 172 valence electrons. The van der Waals surface area contributed by atoms with Gasteiger partial charge in [-0.05, 0) is 57.7 Å². The maximum Gasteiger partial charge on any atom is 0.408 e. The second-order valence-electron chi connectivity index (χ2n) is 9.27. The van der Waals surface area contributed by atoms with Gasteiger partial charge in [-0.2, -0.15) is 18.3 Å². The summed E-state index contributed by atoms with van der Waals surface area (Å²) in [7, 11) is 0. The van der Waals surface area contributed by atoms with Crippen LogP contribution in [0.5, 0.6) is 0 Å². The molecule has 3 aromatic rings. The Morgan fingerprint density at radius 1 is 1.22 bits per heavy atom. The number of H-pyrrole nitrogens is 1. The van der Waals surface area contributed by atoms with Gasteiger partial charge in [0.15, 0.2) is 5.82 Å². The number of benzene rings is 1. The summed E-state index contributed by atoms with van der Waals surface area (Å²) in [4.78, 5) is 15.0. The van der Waals surface area contributed by atoms with Crippen molar-refractivity contribution in [1.29, 1.82) is 0 Å². The van der Waals surface area contributed by atoms with Crippen molar-refractivity contribution >= 4 is 22.4 Å². The summed E-state index contributed by atoms with van der Waals surface area (Å²) in [5.74, 6) is -0.267. The van der Waals surface area contributed by atoms with Crippen molar-refractivity contribution in [3.63, 3.8) is 0 Å². The van der Waals surface area contributed by atoms with Gasteiger partial charge < -0.3 is 10.3 Å². The number of pyridine rings is 1. The molecule has 6 nitrogen and oxygen atoms in total. The minimum absolute atomic E-state index is 0.198. The first-order valence-electron chi connectivity index (χ1n) is 10.4. The molecule has 4 rings (SSSR count). The Morgan fingerprint density at radius 3 is 2.53 bits per heavy atom. The molecule has 0 saturated heterocycles. The second kappa shape index (κ2) is 7.91. The molecular formula is C22H25F4N5O. The molecule has 0 radical (unpaired) electrons. The quantitative estimate of drug-likeness (QED) is 0.461. The van der Waals surface area contributed by atoms with E-state index in [1.807, 2.05) is 0 Å². The lowest BCUT2D eigenvalue weighted by atomic mass is 10.0. The molecule has 1 saturated carbocycles. The average Bonchev–Trinajstić information content (AvgIpc) is 3.41. The molecule has 1 aliphatic rings. The summed E-state index contributed by atoms with van der Waals surface area (Å²) in [6.45, 7) is 5.42. The number of fused-ring (bicyclic) bond motifs is 1. The zero-order valence-electron chi connectivity index (χ0n) is 18.0. The van der Waals surface area contributed by atoms with E-state index in [1.165, 1.54) is 12.3 Å². The number of nitrogens with zero attached hydrogens (tertiary/aromatic N) is 2. The van der Waals surface area contributed by atoms with Crippen LogP contribution in [-0.4, -0.2) is 26.5 Å². The fourth-order valence-electron chi connectivity index (χ4n) is 3.65. The van der Waals surface area contributed by atoms with E-state index in [0.29, 0.717) is 23.4 Å². The molecule has 0 spiro atoms. The minimum atomic E-state index is -4.67. The van der Waals surface area contributed by atoms with E-state index in [0.717, 1.165) is 25.0 Å². The Hall–Kier alpha value is -2.88. The molecule has 1 atom stereocenters. The maximum atomic E-state index is 14.8. The highest BCUT2D eigenvalue weighted by Gasteiger charge is 2.43. The zero-order valence-corrected chi connectivity index (χ0v) is 18.0. The third-order valence-corrected chi connectivity index (χ3v) is 5.28. The van der Waals surface area contributed by atoms with Crippen molar-refractivity contribution in [3.05, 3.63) is 52.2 Å². The number of nitrogens with one attached hydrogen (secondary N) is 3. The lowest BCUT2D eigenvalue weighted by Gasteiger charge is -2.30. The number of alkyl halides is 3. The third-order valence-electron chi connectivity index (χ3n) is 5.28. The van der Waals surface area contributed by atoms with Gasteiger partial charge in [0.2, 0.25) is 0 Å². The molecule has 0 aliphatic heterocycles. The fourth-order valence-corrected chi connectivity index (χ4v) is 3.65. The van der Waals surface area contributed by atoms with E-state index in [4.69, 9.17) is 0 Å². The van der Waals surface area contributed by atoms with Gasteiger partial charge in [-0.15, -0.1) is 0 Å². The van der Waals surface area contributed by atoms with Gasteiger partial charge in [0.1, 0.15) is 17.2 Å². The number of hydrogen-bond acceptors (Lipinski definition) is 4. The molecule has 1 aliphatic carbocycles. The van der Waals surface area contributed by atoms with Gasteiger partial charge in [-0.1, -0.05) is 6.07 Å². The normalized spacial score (nSPS) is 15.8. The monoisotopic (exact) mass is 451 g/mol. The van der Waals surface area contributed by atoms with E-state index >= 15 is 0 Å². The number of rotatable bonds is 6. The van der Waals surface area contributed by atoms with Crippen LogP contribution < -0.4 is 16.2 Å². The highest BCUT2D eigenvalue weighted by molar-refractivity contribution is 5.91. The highest BCUT2D eigenvalue weighted by atomic mass is 19.4.